The fourth-order valence-electron chi connectivity index (χ4n) is 2.35. The second-order valence-electron chi connectivity index (χ2n) is 5.84. The Hall–Kier alpha value is -2.40. The number of H-pyrrole nitrogens is 1. The number of hydrogen-bond donors (Lipinski definition) is 2. The van der Waals surface area contributed by atoms with Crippen LogP contribution in [0.15, 0.2) is 55.0 Å². The van der Waals surface area contributed by atoms with Gasteiger partial charge >= 0.3 is 0 Å². The van der Waals surface area contributed by atoms with Gasteiger partial charge in [-0.25, -0.2) is 4.98 Å². The topological polar surface area (TPSA) is 61.0 Å². The summed E-state index contributed by atoms with van der Waals surface area (Å²) in [5.74, 6) is -0.0627. The summed E-state index contributed by atoms with van der Waals surface area (Å²) in [4.78, 5) is 21.3. The third-order valence-electron chi connectivity index (χ3n) is 3.43. The lowest BCUT2D eigenvalue weighted by Crippen LogP contribution is -2.37. The van der Waals surface area contributed by atoms with E-state index in [1.807, 2.05) is 43.3 Å². The fourth-order valence-corrected chi connectivity index (χ4v) is 2.35. The molecule has 1 unspecified atom stereocenters. The van der Waals surface area contributed by atoms with Crippen molar-refractivity contribution < 1.29 is 4.79 Å². The van der Waals surface area contributed by atoms with Crippen LogP contribution in [0.3, 0.4) is 0 Å². The van der Waals surface area contributed by atoms with E-state index >= 15 is 0 Å². The lowest BCUT2D eigenvalue weighted by Gasteiger charge is -2.17. The van der Waals surface area contributed by atoms with E-state index in [-0.39, 0.29) is 11.9 Å². The van der Waals surface area contributed by atoms with Crippen LogP contribution >= 0.6 is 0 Å². The number of aromatic amines is 1. The molecule has 0 saturated heterocycles. The molecule has 0 bridgehead atoms. The van der Waals surface area contributed by atoms with E-state index in [4.69, 9.17) is 0 Å². The molecule has 0 aliphatic carbocycles. The van der Waals surface area contributed by atoms with Gasteiger partial charge in [0.05, 0.1) is 6.33 Å². The van der Waals surface area contributed by atoms with Crippen LogP contribution in [0.4, 0.5) is 0 Å². The van der Waals surface area contributed by atoms with Crippen molar-refractivity contribution in [1.29, 1.82) is 0 Å². The van der Waals surface area contributed by atoms with Gasteiger partial charge in [0.2, 0.25) is 5.91 Å². The summed E-state index contributed by atoms with van der Waals surface area (Å²) in [6.45, 7) is 0.747. The Morgan fingerprint density at radius 2 is 2.09 bits per heavy atom. The summed E-state index contributed by atoms with van der Waals surface area (Å²) < 4.78 is 0. The average molecular weight is 312 g/mol. The van der Waals surface area contributed by atoms with Crippen molar-refractivity contribution in [3.05, 3.63) is 66.3 Å². The van der Waals surface area contributed by atoms with Crippen molar-refractivity contribution in [2.75, 3.05) is 20.6 Å². The number of carbonyl (C=O) groups excluding carboxylic acids is 1. The van der Waals surface area contributed by atoms with Crippen LogP contribution in [0.25, 0.3) is 0 Å². The van der Waals surface area contributed by atoms with Gasteiger partial charge < -0.3 is 15.2 Å². The molecule has 0 fully saturated rings. The first-order chi connectivity index (χ1) is 11.1. The first kappa shape index (κ1) is 17.0. The Morgan fingerprint density at radius 3 is 2.74 bits per heavy atom. The largest absolute Gasteiger partial charge is 0.349 e. The summed E-state index contributed by atoms with van der Waals surface area (Å²) >= 11 is 0. The Morgan fingerprint density at radius 1 is 1.30 bits per heavy atom. The smallest absolute Gasteiger partial charge is 0.243 e. The maximum atomic E-state index is 12.1. The summed E-state index contributed by atoms with van der Waals surface area (Å²) in [5, 5.41) is 3.09. The van der Waals surface area contributed by atoms with Crippen LogP contribution in [0, 0.1) is 0 Å². The number of amides is 1. The number of nitrogens with zero attached hydrogens (tertiary/aromatic N) is 2. The zero-order valence-corrected chi connectivity index (χ0v) is 13.7. The molecular weight excluding hydrogens is 288 g/mol. The highest BCUT2D eigenvalue weighted by atomic mass is 16.1. The molecule has 5 heteroatoms. The summed E-state index contributed by atoms with van der Waals surface area (Å²) in [7, 11) is 3.94. The second-order valence-corrected chi connectivity index (χ2v) is 5.84. The number of likely N-dealkylation sites (N-methyl/N-ethyl adjacent to an activating group) is 1. The van der Waals surface area contributed by atoms with Gasteiger partial charge in [-0.05, 0) is 26.1 Å². The Labute approximate surface area is 137 Å². The van der Waals surface area contributed by atoms with E-state index in [0.717, 1.165) is 25.1 Å². The zero-order valence-electron chi connectivity index (χ0n) is 13.7. The first-order valence-electron chi connectivity index (χ1n) is 7.76. The molecule has 23 heavy (non-hydrogen) atoms. The summed E-state index contributed by atoms with van der Waals surface area (Å²) in [6, 6.07) is 10.2. The predicted octanol–water partition coefficient (Wildman–Crippen LogP) is 1.80. The molecule has 122 valence electrons. The Bertz CT molecular complexity index is 605. The van der Waals surface area contributed by atoms with Gasteiger partial charge in [-0.15, -0.1) is 0 Å². The van der Waals surface area contributed by atoms with Gasteiger partial charge in [0.1, 0.15) is 0 Å². The maximum absolute atomic E-state index is 12.1. The lowest BCUT2D eigenvalue weighted by atomic mass is 10.0. The van der Waals surface area contributed by atoms with Gasteiger partial charge in [0.25, 0.3) is 0 Å². The number of hydrogen-bond acceptors (Lipinski definition) is 3. The molecule has 2 rings (SSSR count). The first-order valence-corrected chi connectivity index (χ1v) is 7.76. The van der Waals surface area contributed by atoms with Crippen molar-refractivity contribution in [2.24, 2.45) is 0 Å². The van der Waals surface area contributed by atoms with E-state index < -0.39 is 0 Å². The van der Waals surface area contributed by atoms with Crippen molar-refractivity contribution in [1.82, 2.24) is 20.2 Å². The van der Waals surface area contributed by atoms with E-state index in [0.29, 0.717) is 0 Å². The number of rotatable bonds is 8. The van der Waals surface area contributed by atoms with Crippen LogP contribution in [0.1, 0.15) is 11.3 Å². The molecule has 1 amide bonds. The summed E-state index contributed by atoms with van der Waals surface area (Å²) in [6.07, 6.45) is 8.44. The molecule has 5 nitrogen and oxygen atoms in total. The Balaban J connectivity index is 1.98. The number of imidazole rings is 1. The quantitative estimate of drug-likeness (QED) is 0.731. The maximum Gasteiger partial charge on any atom is 0.243 e. The molecule has 1 atom stereocenters. The average Bonchev–Trinajstić information content (AvgIpc) is 3.00. The van der Waals surface area contributed by atoms with E-state index in [9.17, 15) is 4.79 Å². The van der Waals surface area contributed by atoms with Gasteiger partial charge in [-0.3, -0.25) is 4.79 Å². The second kappa shape index (κ2) is 8.90. The predicted molar refractivity (Wildman–Crippen MR) is 92.1 cm³/mol. The molecule has 1 heterocycles. The van der Waals surface area contributed by atoms with Gasteiger partial charge in [-0.1, -0.05) is 36.4 Å². The molecule has 1 aromatic heterocycles. The summed E-state index contributed by atoms with van der Waals surface area (Å²) in [5.41, 5.74) is 2.22. The van der Waals surface area contributed by atoms with Crippen LogP contribution in [0.2, 0.25) is 0 Å². The van der Waals surface area contributed by atoms with Gasteiger partial charge in [0, 0.05) is 37.0 Å². The van der Waals surface area contributed by atoms with Crippen molar-refractivity contribution >= 4 is 5.91 Å². The minimum atomic E-state index is -0.0627. The number of benzene rings is 1. The SMILES string of the molecule is CN(C)C/C=C/C(=O)NC(Cc1ccccc1)Cc1cnc[nH]1. The van der Waals surface area contributed by atoms with Gasteiger partial charge in [0.15, 0.2) is 0 Å². The number of nitrogens with one attached hydrogen (secondary N) is 2. The normalized spacial score (nSPS) is 12.7. The number of carbonyl (C=O) groups is 1. The van der Waals surface area contributed by atoms with Crippen LogP contribution in [-0.2, 0) is 17.6 Å². The zero-order chi connectivity index (χ0) is 16.5. The highest BCUT2D eigenvalue weighted by Crippen LogP contribution is 2.07. The van der Waals surface area contributed by atoms with Gasteiger partial charge in [-0.2, -0.15) is 0 Å². The molecule has 0 saturated carbocycles. The standard InChI is InChI=1S/C18H24N4O/c1-22(2)10-6-9-18(23)21-16(12-17-13-19-14-20-17)11-15-7-4-3-5-8-15/h3-9,13-14,16H,10-12H2,1-2H3,(H,19,20)(H,21,23)/b9-6+. The Kier molecular flexibility index (Phi) is 6.56. The molecule has 2 aromatic rings. The van der Waals surface area contributed by atoms with E-state index in [2.05, 4.69) is 27.4 Å². The minimum absolute atomic E-state index is 0.0226. The third kappa shape index (κ3) is 6.48. The van der Waals surface area contributed by atoms with Crippen molar-refractivity contribution in [3.8, 4) is 0 Å². The molecule has 0 radical (unpaired) electrons. The van der Waals surface area contributed by atoms with Crippen LogP contribution < -0.4 is 5.32 Å². The third-order valence-corrected chi connectivity index (χ3v) is 3.43. The highest BCUT2D eigenvalue weighted by molar-refractivity contribution is 5.87. The van der Waals surface area contributed by atoms with E-state index in [1.165, 1.54) is 5.56 Å². The van der Waals surface area contributed by atoms with Crippen LogP contribution in [-0.4, -0.2) is 47.5 Å². The molecule has 0 aliphatic rings. The molecule has 0 spiro atoms. The molecular formula is C18H24N4O. The van der Waals surface area contributed by atoms with Crippen LogP contribution in [0.5, 0.6) is 0 Å². The van der Waals surface area contributed by atoms with Crippen molar-refractivity contribution in [3.63, 3.8) is 0 Å². The number of aromatic nitrogens is 2. The fraction of sp³-hybridized carbons (Fsp3) is 0.333. The molecule has 2 N–H and O–H groups in total. The van der Waals surface area contributed by atoms with E-state index in [1.54, 1.807) is 18.6 Å². The molecule has 0 aliphatic heterocycles. The monoisotopic (exact) mass is 312 g/mol. The lowest BCUT2D eigenvalue weighted by molar-refractivity contribution is -0.117. The van der Waals surface area contributed by atoms with Crippen molar-refractivity contribution in [2.45, 2.75) is 18.9 Å². The minimum Gasteiger partial charge on any atom is -0.349 e. The highest BCUT2D eigenvalue weighted by Gasteiger charge is 2.13. The molecule has 1 aromatic carbocycles.